The van der Waals surface area contributed by atoms with E-state index in [1.54, 1.807) is 30.3 Å². The van der Waals surface area contributed by atoms with Gasteiger partial charge in [-0.1, -0.05) is 65.8 Å². The van der Waals surface area contributed by atoms with Crippen LogP contribution in [0.3, 0.4) is 0 Å². The molecule has 6 nitrogen and oxygen atoms in total. The summed E-state index contributed by atoms with van der Waals surface area (Å²) < 4.78 is 19.1. The molecule has 0 saturated heterocycles. The zero-order chi connectivity index (χ0) is 24.7. The molecule has 1 aliphatic carbocycles. The van der Waals surface area contributed by atoms with E-state index in [1.807, 2.05) is 12.2 Å². The predicted octanol–water partition coefficient (Wildman–Crippen LogP) is 4.87. The third-order valence-corrected chi connectivity index (χ3v) is 7.63. The van der Waals surface area contributed by atoms with Gasteiger partial charge in [0.2, 0.25) is 0 Å². The number of allylic oxidation sites excluding steroid dienone is 2. The number of hydrogen-bond donors (Lipinski definition) is 1. The van der Waals surface area contributed by atoms with Crippen molar-refractivity contribution >= 4 is 40.2 Å². The summed E-state index contributed by atoms with van der Waals surface area (Å²) in [6, 6.07) is 11.2. The number of ether oxygens (including phenoxy) is 1. The Morgan fingerprint density at radius 2 is 1.97 bits per heavy atom. The topological polar surface area (TPSA) is 79.2 Å². The van der Waals surface area contributed by atoms with Gasteiger partial charge in [-0.3, -0.25) is 19.5 Å². The molecule has 0 radical (unpaired) electrons. The average molecular weight is 511 g/mol. The van der Waals surface area contributed by atoms with Crippen LogP contribution in [0.4, 0.5) is 4.39 Å². The summed E-state index contributed by atoms with van der Waals surface area (Å²) in [6.45, 7) is 0. The summed E-state index contributed by atoms with van der Waals surface area (Å²) >= 11 is 7.67. The van der Waals surface area contributed by atoms with Crippen LogP contribution in [-0.2, 0) is 16.0 Å². The molecule has 0 aromatic heterocycles. The molecule has 9 heteroatoms. The Morgan fingerprint density at radius 3 is 2.69 bits per heavy atom. The lowest BCUT2D eigenvalue weighted by atomic mass is 9.93. The fourth-order valence-corrected chi connectivity index (χ4v) is 5.97. The van der Waals surface area contributed by atoms with Crippen molar-refractivity contribution in [2.75, 3.05) is 7.11 Å². The van der Waals surface area contributed by atoms with E-state index in [1.165, 1.54) is 48.0 Å². The maximum atomic E-state index is 13.7. The highest BCUT2D eigenvalue weighted by atomic mass is 35.5. The Hall–Kier alpha value is -3.36. The van der Waals surface area contributed by atoms with Crippen molar-refractivity contribution in [2.24, 2.45) is 4.99 Å². The number of para-hydroxylation sites is 1. The van der Waals surface area contributed by atoms with E-state index in [0.29, 0.717) is 27.1 Å². The minimum Gasteiger partial charge on any atom is -0.503 e. The number of hydrogen-bond acceptors (Lipinski definition) is 6. The van der Waals surface area contributed by atoms with Gasteiger partial charge in [0.25, 0.3) is 5.91 Å². The predicted molar refractivity (Wildman–Crippen MR) is 133 cm³/mol. The number of carbonyl (C=O) groups is 2. The number of fused-ring (bicyclic) bond motifs is 1. The smallest absolute Gasteiger partial charge is 0.296 e. The van der Waals surface area contributed by atoms with E-state index in [-0.39, 0.29) is 23.3 Å². The molecule has 2 heterocycles. The zero-order valence-electron chi connectivity index (χ0n) is 18.5. The van der Waals surface area contributed by atoms with Crippen LogP contribution < -0.4 is 4.74 Å². The number of aliphatic hydroxyl groups excluding tert-OH is 1. The van der Waals surface area contributed by atoms with Crippen molar-refractivity contribution in [3.05, 3.63) is 100 Å². The van der Waals surface area contributed by atoms with Crippen molar-refractivity contribution in [3.8, 4) is 5.75 Å². The van der Waals surface area contributed by atoms with E-state index < -0.39 is 29.3 Å². The number of aliphatic hydroxyl groups is 1. The molecule has 3 unspecified atom stereocenters. The second-order valence-electron chi connectivity index (χ2n) is 8.18. The number of halogens is 2. The van der Waals surface area contributed by atoms with E-state index in [2.05, 4.69) is 4.99 Å². The first-order valence-corrected chi connectivity index (χ1v) is 12.1. The van der Waals surface area contributed by atoms with Gasteiger partial charge in [-0.2, -0.15) is 0 Å². The van der Waals surface area contributed by atoms with Gasteiger partial charge in [0.15, 0.2) is 16.7 Å². The molecule has 178 valence electrons. The van der Waals surface area contributed by atoms with Gasteiger partial charge in [-0.05, 0) is 29.8 Å². The summed E-state index contributed by atoms with van der Waals surface area (Å²) in [7, 11) is 1.51. The molecule has 3 atom stereocenters. The van der Waals surface area contributed by atoms with E-state index >= 15 is 0 Å². The van der Waals surface area contributed by atoms with Crippen molar-refractivity contribution < 1.29 is 23.8 Å². The largest absolute Gasteiger partial charge is 0.503 e. The van der Waals surface area contributed by atoms with Crippen molar-refractivity contribution in [2.45, 2.75) is 23.8 Å². The van der Waals surface area contributed by atoms with E-state index in [0.717, 1.165) is 0 Å². The first kappa shape index (κ1) is 23.4. The Kier molecular flexibility index (Phi) is 6.25. The number of aliphatic imine (C=N–C) groups is 1. The lowest BCUT2D eigenvalue weighted by Crippen LogP contribution is -2.35. The van der Waals surface area contributed by atoms with Crippen LogP contribution in [0.25, 0.3) is 0 Å². The second-order valence-corrected chi connectivity index (χ2v) is 9.76. The normalized spacial score (nSPS) is 23.3. The van der Waals surface area contributed by atoms with Crippen LogP contribution in [0.15, 0.2) is 88.1 Å². The molecular weight excluding hydrogens is 491 g/mol. The molecule has 0 spiro atoms. The monoisotopic (exact) mass is 510 g/mol. The van der Waals surface area contributed by atoms with Crippen LogP contribution >= 0.6 is 23.4 Å². The average Bonchev–Trinajstić information content (AvgIpc) is 3.39. The third kappa shape index (κ3) is 4.17. The number of benzene rings is 2. The maximum absolute atomic E-state index is 13.7. The van der Waals surface area contributed by atoms with Crippen LogP contribution in [0.2, 0.25) is 0 Å². The number of carbonyl (C=O) groups excluding carboxylic acids is 2. The van der Waals surface area contributed by atoms with Gasteiger partial charge >= 0.3 is 0 Å². The number of rotatable bonds is 5. The van der Waals surface area contributed by atoms with E-state index in [4.69, 9.17) is 16.3 Å². The summed E-state index contributed by atoms with van der Waals surface area (Å²) in [5, 5.41) is 11.7. The second kappa shape index (κ2) is 9.36. The molecule has 35 heavy (non-hydrogen) atoms. The van der Waals surface area contributed by atoms with Gasteiger partial charge in [-0.25, -0.2) is 4.39 Å². The highest BCUT2D eigenvalue weighted by Gasteiger charge is 2.48. The van der Waals surface area contributed by atoms with E-state index in [9.17, 15) is 19.1 Å². The van der Waals surface area contributed by atoms with Crippen LogP contribution in [0.5, 0.6) is 5.75 Å². The van der Waals surface area contributed by atoms with Gasteiger partial charge in [0.1, 0.15) is 17.6 Å². The first-order chi connectivity index (χ1) is 16.9. The third-order valence-electron chi connectivity index (χ3n) is 6.08. The Balaban J connectivity index is 1.56. The highest BCUT2D eigenvalue weighted by molar-refractivity contribution is 8.14. The molecule has 2 aliphatic heterocycles. The standard InChI is InChI=1S/C26H20ClFN2O4S/c1-34-19-7-3-2-5-15(19)13-18(31)21-23(14-9-11-16(28)12-10-14)30(25(33)24(21)32)26-29-22-17(27)6-4-8-20(22)35-26/h2-12,20,22-23,32H,13H2,1H3. The highest BCUT2D eigenvalue weighted by Crippen LogP contribution is 2.45. The van der Waals surface area contributed by atoms with Gasteiger partial charge in [0, 0.05) is 17.0 Å². The molecular formula is C26H20ClFN2O4S. The number of amides is 1. The lowest BCUT2D eigenvalue weighted by Gasteiger charge is -2.26. The molecule has 1 amide bonds. The molecule has 0 saturated carbocycles. The maximum Gasteiger partial charge on any atom is 0.296 e. The molecule has 0 bridgehead atoms. The number of amidine groups is 1. The molecule has 0 fully saturated rings. The number of nitrogens with zero attached hydrogens (tertiary/aromatic N) is 2. The Morgan fingerprint density at radius 1 is 1.23 bits per heavy atom. The number of methoxy groups -OCH3 is 1. The Bertz CT molecular complexity index is 1340. The minimum absolute atomic E-state index is 0.0668. The SMILES string of the molecule is COc1ccccc1CC(=O)C1=C(O)C(=O)N(C2=NC3C(Cl)=CC=CC3S2)C1c1ccc(F)cc1. The Labute approximate surface area is 210 Å². The minimum atomic E-state index is -0.969. The van der Waals surface area contributed by atoms with Crippen molar-refractivity contribution in [1.29, 1.82) is 0 Å². The summed E-state index contributed by atoms with van der Waals surface area (Å²) in [5.41, 5.74) is 1.02. The fraction of sp³-hybridized carbons (Fsp3) is 0.192. The van der Waals surface area contributed by atoms with Crippen molar-refractivity contribution in [3.63, 3.8) is 0 Å². The molecule has 2 aromatic rings. The van der Waals surface area contributed by atoms with Gasteiger partial charge in [-0.15, -0.1) is 0 Å². The molecule has 5 rings (SSSR count). The molecule has 2 aromatic carbocycles. The van der Waals surface area contributed by atoms with Crippen LogP contribution in [-0.4, -0.2) is 45.3 Å². The van der Waals surface area contributed by atoms with Crippen LogP contribution in [0, 0.1) is 5.82 Å². The number of ketones is 1. The van der Waals surface area contributed by atoms with Gasteiger partial charge in [0.05, 0.1) is 24.0 Å². The summed E-state index contributed by atoms with van der Waals surface area (Å²) in [4.78, 5) is 32.8. The quantitative estimate of drug-likeness (QED) is 0.620. The van der Waals surface area contributed by atoms with Crippen molar-refractivity contribution in [1.82, 2.24) is 4.90 Å². The summed E-state index contributed by atoms with van der Waals surface area (Å²) in [5.74, 6) is -1.77. The lowest BCUT2D eigenvalue weighted by molar-refractivity contribution is -0.125. The number of thioether (sulfide) groups is 1. The summed E-state index contributed by atoms with van der Waals surface area (Å²) in [6.07, 6.45) is 5.42. The fourth-order valence-electron chi connectivity index (χ4n) is 4.41. The first-order valence-electron chi connectivity index (χ1n) is 10.8. The molecule has 1 N–H and O–H groups in total. The zero-order valence-corrected chi connectivity index (χ0v) is 20.1. The van der Waals surface area contributed by atoms with Gasteiger partial charge < -0.3 is 9.84 Å². The molecule has 3 aliphatic rings. The van der Waals surface area contributed by atoms with Crippen LogP contribution in [0.1, 0.15) is 17.2 Å². The number of Topliss-reactive ketones (excluding diaryl/α,β-unsaturated/α-hetero) is 1.